The number of carbonyl (C=O) groups is 1. The van der Waals surface area contributed by atoms with Crippen molar-refractivity contribution in [3.8, 4) is 16.3 Å². The molecule has 0 aliphatic heterocycles. The predicted molar refractivity (Wildman–Crippen MR) is 93.9 cm³/mol. The van der Waals surface area contributed by atoms with Crippen LogP contribution in [0.5, 0.6) is 5.75 Å². The zero-order chi connectivity index (χ0) is 17.1. The number of ether oxygens (including phenoxy) is 1. The highest BCUT2D eigenvalue weighted by molar-refractivity contribution is 7.17. The van der Waals surface area contributed by atoms with E-state index in [0.29, 0.717) is 40.2 Å². The first-order valence-electron chi connectivity index (χ1n) is 7.09. The first kappa shape index (κ1) is 16.4. The highest BCUT2D eigenvalue weighted by Gasteiger charge is 2.18. The van der Waals surface area contributed by atoms with E-state index in [4.69, 9.17) is 22.1 Å². The Kier molecular flexibility index (Phi) is 4.73. The first-order chi connectivity index (χ1) is 11.5. The summed E-state index contributed by atoms with van der Waals surface area (Å²) in [5, 5.41) is 16.6. The second-order valence-corrected chi connectivity index (χ2v) is 6.46. The summed E-state index contributed by atoms with van der Waals surface area (Å²) in [6, 6.07) is 10.8. The molecule has 0 aliphatic carbocycles. The lowest BCUT2D eigenvalue weighted by atomic mass is 10.2. The molecule has 2 aromatic heterocycles. The molecule has 124 valence electrons. The van der Waals surface area contributed by atoms with Crippen molar-refractivity contribution in [3.63, 3.8) is 0 Å². The Morgan fingerprint density at radius 1 is 1.38 bits per heavy atom. The van der Waals surface area contributed by atoms with Crippen molar-refractivity contribution < 1.29 is 14.6 Å². The van der Waals surface area contributed by atoms with E-state index in [1.807, 2.05) is 24.3 Å². The van der Waals surface area contributed by atoms with Gasteiger partial charge in [0.15, 0.2) is 4.88 Å². The van der Waals surface area contributed by atoms with Crippen LogP contribution in [0.15, 0.2) is 36.4 Å². The number of nitrogens with two attached hydrogens (primary N) is 1. The molecule has 3 rings (SSSR count). The predicted octanol–water partition coefficient (Wildman–Crippen LogP) is 3.69. The van der Waals surface area contributed by atoms with Crippen LogP contribution in [0.25, 0.3) is 10.6 Å². The number of hydrogen-bond donors (Lipinski definition) is 3. The third kappa shape index (κ3) is 3.52. The lowest BCUT2D eigenvalue weighted by Gasteiger charge is -2.06. The molecule has 24 heavy (non-hydrogen) atoms. The van der Waals surface area contributed by atoms with Gasteiger partial charge in [-0.2, -0.15) is 5.10 Å². The van der Waals surface area contributed by atoms with Crippen molar-refractivity contribution >= 4 is 34.7 Å². The number of rotatable bonds is 6. The number of hydrogen-bond acceptors (Lipinski definition) is 5. The minimum absolute atomic E-state index is 0.136. The summed E-state index contributed by atoms with van der Waals surface area (Å²) in [7, 11) is 0. The summed E-state index contributed by atoms with van der Waals surface area (Å²) >= 11 is 7.21. The summed E-state index contributed by atoms with van der Waals surface area (Å²) in [5.41, 5.74) is 7.19. The fourth-order valence-electron chi connectivity index (χ4n) is 2.20. The average molecular weight is 364 g/mol. The maximum Gasteiger partial charge on any atom is 0.349 e. The molecule has 0 bridgehead atoms. The molecule has 0 atom stereocenters. The van der Waals surface area contributed by atoms with E-state index < -0.39 is 5.97 Å². The third-order valence-electron chi connectivity index (χ3n) is 3.34. The second-order valence-electron chi connectivity index (χ2n) is 5.01. The van der Waals surface area contributed by atoms with Crippen molar-refractivity contribution in [3.05, 3.63) is 51.9 Å². The van der Waals surface area contributed by atoms with E-state index in [0.717, 1.165) is 16.9 Å². The number of nitrogens with zero attached hydrogens (tertiary/aromatic N) is 1. The summed E-state index contributed by atoms with van der Waals surface area (Å²) in [4.78, 5) is 12.3. The van der Waals surface area contributed by atoms with Crippen LogP contribution >= 0.6 is 22.9 Å². The van der Waals surface area contributed by atoms with Gasteiger partial charge < -0.3 is 15.6 Å². The number of H-pyrrole nitrogens is 1. The molecule has 3 aromatic rings. The molecule has 1 aromatic carbocycles. The van der Waals surface area contributed by atoms with Crippen LogP contribution in [0.4, 0.5) is 5.82 Å². The number of nitrogens with one attached hydrogen (secondary N) is 1. The SMILES string of the molecule is Nc1cc(-c2cc(OCCc3ccccc3Cl)c(C(=O)O)s2)[nH]n1. The van der Waals surface area contributed by atoms with Crippen LogP contribution in [0.3, 0.4) is 0 Å². The van der Waals surface area contributed by atoms with Gasteiger partial charge in [0.25, 0.3) is 0 Å². The maximum atomic E-state index is 11.4. The summed E-state index contributed by atoms with van der Waals surface area (Å²) in [6.45, 7) is 0.325. The van der Waals surface area contributed by atoms with Crippen LogP contribution in [0.1, 0.15) is 15.2 Å². The van der Waals surface area contributed by atoms with Crippen LogP contribution < -0.4 is 10.5 Å². The monoisotopic (exact) mass is 363 g/mol. The number of thiophene rings is 1. The molecule has 0 aliphatic rings. The van der Waals surface area contributed by atoms with Crippen LogP contribution in [0, 0.1) is 0 Å². The zero-order valence-electron chi connectivity index (χ0n) is 12.5. The molecular formula is C16H14ClN3O3S. The van der Waals surface area contributed by atoms with Crippen molar-refractivity contribution in [2.75, 3.05) is 12.3 Å². The molecule has 6 nitrogen and oxygen atoms in total. The molecule has 0 radical (unpaired) electrons. The Morgan fingerprint density at radius 3 is 2.83 bits per heavy atom. The normalized spacial score (nSPS) is 10.7. The second kappa shape index (κ2) is 6.94. The molecule has 0 amide bonds. The van der Waals surface area contributed by atoms with Gasteiger partial charge in [-0.1, -0.05) is 29.8 Å². The standard InChI is InChI=1S/C16H14ClN3O3S/c17-10-4-2-1-3-9(10)5-6-23-12-8-13(24-15(12)16(21)22)11-7-14(18)20-19-11/h1-4,7-8H,5-6H2,(H,21,22)(H3,18,19,20). The molecule has 2 heterocycles. The van der Waals surface area contributed by atoms with Crippen molar-refractivity contribution in [2.24, 2.45) is 0 Å². The Hall–Kier alpha value is -2.51. The summed E-state index contributed by atoms with van der Waals surface area (Å²) < 4.78 is 5.67. The van der Waals surface area contributed by atoms with E-state index in [1.165, 1.54) is 0 Å². The van der Waals surface area contributed by atoms with Gasteiger partial charge in [0, 0.05) is 23.6 Å². The fourth-order valence-corrected chi connectivity index (χ4v) is 3.34. The number of carboxylic acids is 1. The van der Waals surface area contributed by atoms with Gasteiger partial charge in [-0.15, -0.1) is 11.3 Å². The van der Waals surface area contributed by atoms with E-state index in [-0.39, 0.29) is 4.88 Å². The van der Waals surface area contributed by atoms with Crippen molar-refractivity contribution in [2.45, 2.75) is 6.42 Å². The number of carboxylic acid groups (broad SMARTS) is 1. The highest BCUT2D eigenvalue weighted by Crippen LogP contribution is 2.36. The van der Waals surface area contributed by atoms with Crippen LogP contribution in [0.2, 0.25) is 5.02 Å². The van der Waals surface area contributed by atoms with E-state index >= 15 is 0 Å². The van der Waals surface area contributed by atoms with Crippen LogP contribution in [-0.4, -0.2) is 27.9 Å². The number of aromatic carboxylic acids is 1. The van der Waals surface area contributed by atoms with Gasteiger partial charge >= 0.3 is 5.97 Å². The number of nitrogen functional groups attached to an aromatic ring is 1. The van der Waals surface area contributed by atoms with Gasteiger partial charge in [-0.3, -0.25) is 5.10 Å². The minimum Gasteiger partial charge on any atom is -0.491 e. The highest BCUT2D eigenvalue weighted by atomic mass is 35.5. The van der Waals surface area contributed by atoms with Crippen molar-refractivity contribution in [1.82, 2.24) is 10.2 Å². The molecule has 0 fully saturated rings. The van der Waals surface area contributed by atoms with Gasteiger partial charge in [0.2, 0.25) is 0 Å². The van der Waals surface area contributed by atoms with Gasteiger partial charge in [0.05, 0.1) is 17.2 Å². The maximum absolute atomic E-state index is 11.4. The largest absolute Gasteiger partial charge is 0.491 e. The van der Waals surface area contributed by atoms with E-state index in [9.17, 15) is 9.90 Å². The molecule has 0 unspecified atom stereocenters. The Morgan fingerprint density at radius 2 is 2.17 bits per heavy atom. The van der Waals surface area contributed by atoms with Crippen LogP contribution in [-0.2, 0) is 6.42 Å². The Balaban J connectivity index is 1.76. The number of aromatic nitrogens is 2. The number of aromatic amines is 1. The number of anilines is 1. The lowest BCUT2D eigenvalue weighted by molar-refractivity contribution is 0.0698. The van der Waals surface area contributed by atoms with Gasteiger partial charge in [0.1, 0.15) is 11.6 Å². The van der Waals surface area contributed by atoms with E-state index in [2.05, 4.69) is 10.2 Å². The minimum atomic E-state index is -1.04. The quantitative estimate of drug-likeness (QED) is 0.620. The van der Waals surface area contributed by atoms with E-state index in [1.54, 1.807) is 12.1 Å². The molecular weight excluding hydrogens is 350 g/mol. The molecule has 0 spiro atoms. The topological polar surface area (TPSA) is 101 Å². The molecule has 0 saturated carbocycles. The third-order valence-corrected chi connectivity index (χ3v) is 4.85. The molecule has 4 N–H and O–H groups in total. The smallest absolute Gasteiger partial charge is 0.349 e. The lowest BCUT2D eigenvalue weighted by Crippen LogP contribution is -2.04. The van der Waals surface area contributed by atoms with Gasteiger partial charge in [-0.25, -0.2) is 4.79 Å². The number of benzene rings is 1. The fraction of sp³-hybridized carbons (Fsp3) is 0.125. The van der Waals surface area contributed by atoms with Crippen molar-refractivity contribution in [1.29, 1.82) is 0 Å². The average Bonchev–Trinajstić information content (AvgIpc) is 3.15. The Labute approximate surface area is 146 Å². The van der Waals surface area contributed by atoms with Gasteiger partial charge in [-0.05, 0) is 11.6 Å². The number of halogens is 1. The Bertz CT molecular complexity index is 875. The zero-order valence-corrected chi connectivity index (χ0v) is 14.0. The summed E-state index contributed by atoms with van der Waals surface area (Å²) in [6.07, 6.45) is 0.584. The first-order valence-corrected chi connectivity index (χ1v) is 8.28. The molecule has 8 heteroatoms. The molecule has 0 saturated heterocycles. The summed E-state index contributed by atoms with van der Waals surface area (Å²) in [5.74, 6) is -0.370.